The summed E-state index contributed by atoms with van der Waals surface area (Å²) >= 11 is 0. The van der Waals surface area contributed by atoms with E-state index in [1.165, 1.54) is 18.9 Å². The smallest absolute Gasteiger partial charge is 0.130 e. The Morgan fingerprint density at radius 2 is 2.00 bits per heavy atom. The fourth-order valence-corrected chi connectivity index (χ4v) is 3.91. The van der Waals surface area contributed by atoms with Gasteiger partial charge in [-0.15, -0.1) is 0 Å². The molecule has 0 radical (unpaired) electrons. The Labute approximate surface area is 128 Å². The monoisotopic (exact) mass is 293 g/mol. The Hall–Kier alpha value is -1.09. The second-order valence-corrected chi connectivity index (χ2v) is 6.99. The first kappa shape index (κ1) is 16.3. The molecule has 1 saturated carbocycles. The molecule has 118 valence electrons. The highest BCUT2D eigenvalue weighted by molar-refractivity contribution is 5.34. The summed E-state index contributed by atoms with van der Waals surface area (Å²) in [5.41, 5.74) is 0.604. The molecule has 1 aromatic carbocycles. The van der Waals surface area contributed by atoms with Gasteiger partial charge in [-0.1, -0.05) is 33.3 Å². The van der Waals surface area contributed by atoms with Crippen molar-refractivity contribution in [2.75, 3.05) is 14.2 Å². The summed E-state index contributed by atoms with van der Waals surface area (Å²) in [6.45, 7) is 6.65. The first-order valence-electron chi connectivity index (χ1n) is 7.91. The first-order valence-corrected chi connectivity index (χ1v) is 7.91. The van der Waals surface area contributed by atoms with Gasteiger partial charge in [-0.2, -0.15) is 0 Å². The van der Waals surface area contributed by atoms with Crippen molar-refractivity contribution >= 4 is 0 Å². The quantitative estimate of drug-likeness (QED) is 0.901. The third kappa shape index (κ3) is 3.23. The van der Waals surface area contributed by atoms with Crippen LogP contribution in [0.25, 0.3) is 0 Å². The Morgan fingerprint density at radius 1 is 1.29 bits per heavy atom. The van der Waals surface area contributed by atoms with E-state index in [9.17, 15) is 4.39 Å². The molecule has 3 unspecified atom stereocenters. The van der Waals surface area contributed by atoms with E-state index in [4.69, 9.17) is 4.74 Å². The predicted octanol–water partition coefficient (Wildman–Crippen LogP) is 4.14. The van der Waals surface area contributed by atoms with Crippen molar-refractivity contribution in [2.45, 2.75) is 51.5 Å². The summed E-state index contributed by atoms with van der Waals surface area (Å²) in [4.78, 5) is 0. The molecule has 0 spiro atoms. The molecule has 3 heteroatoms. The van der Waals surface area contributed by atoms with Crippen LogP contribution >= 0.6 is 0 Å². The number of methoxy groups -OCH3 is 1. The molecule has 3 atom stereocenters. The third-order valence-electron chi connectivity index (χ3n) is 5.28. The predicted molar refractivity (Wildman–Crippen MR) is 85.3 cm³/mol. The molecule has 2 rings (SSSR count). The lowest BCUT2D eigenvalue weighted by Gasteiger charge is -2.44. The van der Waals surface area contributed by atoms with Gasteiger partial charge in [0.05, 0.1) is 7.11 Å². The summed E-state index contributed by atoms with van der Waals surface area (Å²) in [5, 5.41) is 3.46. The minimum absolute atomic E-state index is 0.159. The summed E-state index contributed by atoms with van der Waals surface area (Å²) in [6.07, 6.45) is 3.54. The zero-order chi connectivity index (χ0) is 15.6. The zero-order valence-corrected chi connectivity index (χ0v) is 13.9. The highest BCUT2D eigenvalue weighted by Gasteiger charge is 2.40. The highest BCUT2D eigenvalue weighted by Crippen LogP contribution is 2.43. The fourth-order valence-electron chi connectivity index (χ4n) is 3.91. The Bertz CT molecular complexity index is 486. The van der Waals surface area contributed by atoms with Gasteiger partial charge in [0.25, 0.3) is 0 Å². The molecule has 2 nitrogen and oxygen atoms in total. The molecule has 0 aliphatic heterocycles. The summed E-state index contributed by atoms with van der Waals surface area (Å²) in [5.74, 6) is 1.61. The van der Waals surface area contributed by atoms with Gasteiger partial charge in [0, 0.05) is 12.1 Å². The maximum absolute atomic E-state index is 14.5. The number of nitrogens with one attached hydrogen (secondary N) is 1. The van der Waals surface area contributed by atoms with Crippen molar-refractivity contribution in [2.24, 2.45) is 11.8 Å². The lowest BCUT2D eigenvalue weighted by atomic mass is 9.63. The second-order valence-electron chi connectivity index (χ2n) is 6.99. The SMILES string of the molecule is CNC1CC(C)CCC1C(C)(C)c1ccc(OC)cc1F. The van der Waals surface area contributed by atoms with Gasteiger partial charge in [0.15, 0.2) is 0 Å². The van der Waals surface area contributed by atoms with E-state index in [2.05, 4.69) is 26.1 Å². The molecule has 1 fully saturated rings. The van der Waals surface area contributed by atoms with Gasteiger partial charge in [0.1, 0.15) is 11.6 Å². The molecule has 0 heterocycles. The van der Waals surface area contributed by atoms with Gasteiger partial charge >= 0.3 is 0 Å². The zero-order valence-electron chi connectivity index (χ0n) is 13.9. The molecule has 1 aliphatic carbocycles. The number of rotatable bonds is 4. The van der Waals surface area contributed by atoms with E-state index in [1.807, 2.05) is 19.2 Å². The molecular weight excluding hydrogens is 265 g/mol. The molecule has 0 saturated heterocycles. The molecule has 1 aromatic rings. The number of hydrogen-bond donors (Lipinski definition) is 1. The number of benzene rings is 1. The van der Waals surface area contributed by atoms with Crippen LogP contribution in [0.15, 0.2) is 18.2 Å². The van der Waals surface area contributed by atoms with E-state index in [0.29, 0.717) is 17.7 Å². The minimum Gasteiger partial charge on any atom is -0.497 e. The molecule has 0 amide bonds. The van der Waals surface area contributed by atoms with Crippen molar-refractivity contribution in [3.05, 3.63) is 29.6 Å². The largest absolute Gasteiger partial charge is 0.497 e. The van der Waals surface area contributed by atoms with E-state index in [-0.39, 0.29) is 11.2 Å². The Morgan fingerprint density at radius 3 is 2.57 bits per heavy atom. The van der Waals surface area contributed by atoms with Crippen LogP contribution in [0.4, 0.5) is 4.39 Å². The minimum atomic E-state index is -0.190. The molecule has 1 N–H and O–H groups in total. The second kappa shape index (κ2) is 6.35. The summed E-state index contributed by atoms with van der Waals surface area (Å²) in [6, 6.07) is 5.70. The van der Waals surface area contributed by atoms with Gasteiger partial charge < -0.3 is 10.1 Å². The van der Waals surface area contributed by atoms with E-state index in [0.717, 1.165) is 17.9 Å². The molecular formula is C18H28FNO. The van der Waals surface area contributed by atoms with Crippen LogP contribution in [0.3, 0.4) is 0 Å². The van der Waals surface area contributed by atoms with Crippen molar-refractivity contribution in [3.63, 3.8) is 0 Å². The first-order chi connectivity index (χ1) is 9.90. The van der Waals surface area contributed by atoms with Crippen LogP contribution < -0.4 is 10.1 Å². The average Bonchev–Trinajstić information content (AvgIpc) is 2.46. The van der Waals surface area contributed by atoms with Crippen LogP contribution in [-0.4, -0.2) is 20.2 Å². The van der Waals surface area contributed by atoms with Crippen LogP contribution in [0.5, 0.6) is 5.75 Å². The lowest BCUT2D eigenvalue weighted by Crippen LogP contribution is -2.47. The maximum atomic E-state index is 14.5. The van der Waals surface area contributed by atoms with Gasteiger partial charge in [0.2, 0.25) is 0 Å². The maximum Gasteiger partial charge on any atom is 0.130 e. The van der Waals surface area contributed by atoms with Crippen LogP contribution in [-0.2, 0) is 5.41 Å². The van der Waals surface area contributed by atoms with Crippen molar-refractivity contribution in [3.8, 4) is 5.75 Å². The van der Waals surface area contributed by atoms with Gasteiger partial charge in [-0.25, -0.2) is 4.39 Å². The van der Waals surface area contributed by atoms with E-state index >= 15 is 0 Å². The van der Waals surface area contributed by atoms with Gasteiger partial charge in [-0.05, 0) is 48.8 Å². The van der Waals surface area contributed by atoms with Gasteiger partial charge in [-0.3, -0.25) is 0 Å². The molecule has 21 heavy (non-hydrogen) atoms. The van der Waals surface area contributed by atoms with Crippen LogP contribution in [0.1, 0.15) is 45.6 Å². The normalized spacial score (nSPS) is 26.7. The summed E-state index contributed by atoms with van der Waals surface area (Å²) in [7, 11) is 3.59. The lowest BCUT2D eigenvalue weighted by molar-refractivity contribution is 0.148. The standard InChI is InChI=1S/C18H28FNO/c1-12-6-8-15(17(10-12)20-4)18(2,3)14-9-7-13(21-5)11-16(14)19/h7,9,11-12,15,17,20H,6,8,10H2,1-5H3. The molecule has 1 aliphatic rings. The average molecular weight is 293 g/mol. The van der Waals surface area contributed by atoms with E-state index < -0.39 is 0 Å². The number of hydrogen-bond acceptors (Lipinski definition) is 2. The number of halogens is 1. The molecule has 0 bridgehead atoms. The van der Waals surface area contributed by atoms with Crippen molar-refractivity contribution in [1.82, 2.24) is 5.32 Å². The van der Waals surface area contributed by atoms with Crippen molar-refractivity contribution < 1.29 is 9.13 Å². The van der Waals surface area contributed by atoms with Crippen LogP contribution in [0, 0.1) is 17.7 Å². The highest BCUT2D eigenvalue weighted by atomic mass is 19.1. The van der Waals surface area contributed by atoms with Crippen LogP contribution in [0.2, 0.25) is 0 Å². The Balaban J connectivity index is 2.31. The Kier molecular flexibility index (Phi) is 4.92. The fraction of sp³-hybridized carbons (Fsp3) is 0.667. The number of ether oxygens (including phenoxy) is 1. The topological polar surface area (TPSA) is 21.3 Å². The third-order valence-corrected chi connectivity index (χ3v) is 5.28. The summed E-state index contributed by atoms with van der Waals surface area (Å²) < 4.78 is 19.6. The van der Waals surface area contributed by atoms with E-state index in [1.54, 1.807) is 7.11 Å². The van der Waals surface area contributed by atoms with Crippen molar-refractivity contribution in [1.29, 1.82) is 0 Å². The molecule has 0 aromatic heterocycles.